The molecule has 29 nitrogen and oxygen atoms in total. The summed E-state index contributed by atoms with van der Waals surface area (Å²) in [6.45, 7) is 8.12. The van der Waals surface area contributed by atoms with E-state index in [2.05, 4.69) is 28.1 Å². The molecule has 2 aromatic rings. The van der Waals surface area contributed by atoms with Crippen LogP contribution in [0, 0.1) is 10.8 Å². The smallest absolute Gasteiger partial charge is 0.331 e. The van der Waals surface area contributed by atoms with Crippen molar-refractivity contribution in [2.24, 2.45) is 10.8 Å². The van der Waals surface area contributed by atoms with Crippen molar-refractivity contribution in [3.63, 3.8) is 0 Å². The van der Waals surface area contributed by atoms with Gasteiger partial charge in [0.15, 0.2) is 12.6 Å². The van der Waals surface area contributed by atoms with Crippen LogP contribution in [0.2, 0.25) is 0 Å². The molecule has 0 radical (unpaired) electrons. The van der Waals surface area contributed by atoms with Crippen LogP contribution < -0.4 is 28.4 Å². The van der Waals surface area contributed by atoms with Crippen LogP contribution in [-0.2, 0) is 100 Å². The van der Waals surface area contributed by atoms with E-state index in [-0.39, 0.29) is 79.3 Å². The number of ether oxygens (including phenoxy) is 17. The molecule has 0 saturated carbocycles. The highest BCUT2D eigenvalue weighted by atomic mass is 35.5. The summed E-state index contributed by atoms with van der Waals surface area (Å²) in [6, 6.07) is 6.75. The largest absolute Gasteiger partial charge is 0.496 e. The summed E-state index contributed by atoms with van der Waals surface area (Å²) in [6.07, 6.45) is 8.32. The van der Waals surface area contributed by atoms with Gasteiger partial charge >= 0.3 is 35.8 Å². The molecule has 0 atom stereocenters. The summed E-state index contributed by atoms with van der Waals surface area (Å²) in [5.74, 6) is -2.02. The first-order valence-electron chi connectivity index (χ1n) is 28.7. The van der Waals surface area contributed by atoms with Gasteiger partial charge in [-0.1, -0.05) is 34.1 Å². The number of halogens is 4. The lowest BCUT2D eigenvalue weighted by Gasteiger charge is -2.37. The Morgan fingerprint density at radius 3 is 0.862 bits per heavy atom. The molecule has 526 valence electrons. The predicted molar refractivity (Wildman–Crippen MR) is 336 cm³/mol. The number of benzene rings is 2. The van der Waals surface area contributed by atoms with Gasteiger partial charge in [-0.05, 0) is 46.4 Å². The number of esters is 6. The lowest BCUT2D eigenvalue weighted by molar-refractivity contribution is -0.239. The zero-order valence-corrected chi connectivity index (χ0v) is 56.3. The molecule has 33 heteroatoms. The molecule has 2 N–H and O–H groups in total. The molecular formula is C61H80Cl4O29. The highest BCUT2D eigenvalue weighted by Gasteiger charge is 2.39. The van der Waals surface area contributed by atoms with Crippen molar-refractivity contribution in [2.75, 3.05) is 135 Å². The molecule has 0 aromatic heterocycles. The average Bonchev–Trinajstić information content (AvgIpc) is 0.807. The summed E-state index contributed by atoms with van der Waals surface area (Å²) >= 11 is 19.4. The van der Waals surface area contributed by atoms with Crippen molar-refractivity contribution >= 4 is 103 Å². The van der Waals surface area contributed by atoms with Crippen LogP contribution >= 0.6 is 46.4 Å². The standard InChI is InChI=1S/C40H50O18.C10H8Cl2O6.C4H2Cl2O2.C4H10O3.C3H8.H2/c1-39(21-55-37(56-22-39)35-27(47-5)15-25(45-3)16-28(35)48-6)19-53-33(43)11-9-31(41)51-13-14-52-32(42)10-12-34(44)54-20-40(2)23-57-38(58-24-40)36-29(49-7)17-26(46-4)18-30(36)50-8;11-7(13)1-3-9(15)17-5-6-18-10(16)4-2-8(12)14;5-3(7)1-2-4(6)8;5-1-3-7-4-2-6;1-3-2;/h9-12,15-18,37-38H,13-14,19-24H2,1-8H3;1-4H,5-6H2;1-2H;5-6H,1-4H2;3H2,1-2H3;1H/b11-9+,12-10+;3-1+,4-2+;2-1+;;;/i;;;;;1+2T. The van der Waals surface area contributed by atoms with E-state index >= 15 is 0 Å². The van der Waals surface area contributed by atoms with E-state index in [0.717, 1.165) is 60.8 Å². The number of aliphatic hydroxyl groups excluding tert-OH is 2. The molecule has 2 heterocycles. The Morgan fingerprint density at radius 2 is 0.649 bits per heavy atom. The number of aliphatic hydroxyl groups is 2. The van der Waals surface area contributed by atoms with Crippen molar-refractivity contribution in [3.8, 4) is 34.5 Å². The molecule has 0 aliphatic carbocycles. The number of hydrogen-bond donors (Lipinski definition) is 2. The lowest BCUT2D eigenvalue weighted by atomic mass is 9.93. The topological polar surface area (TPSA) is 368 Å². The molecule has 2 saturated heterocycles. The Hall–Kier alpha value is -7.68. The summed E-state index contributed by atoms with van der Waals surface area (Å²) in [5, 5.41) is 13.1. The van der Waals surface area contributed by atoms with E-state index in [0.29, 0.717) is 58.8 Å². The SMILES string of the molecule is CCC.COc1cc(OC)c(C2OCC(C)(COC(=O)/C=C/C(=O)OCCOC(=O)/C=C/C(=O)OCC3(C)COC(c4c(OC)cc(OC)cc4OC)OC3)CO2)c(OC)c1.O=C(Cl)/C=C/C(=O)Cl.O=C(Cl)/C=C/C(=O)OCCOC(=O)/C=C/C(=O)Cl.OCCOCCO.[3H][3H]. The molecule has 0 amide bonds. The zero-order chi connectivity index (χ0) is 73.1. The van der Waals surface area contributed by atoms with Crippen LogP contribution in [0.5, 0.6) is 34.5 Å². The molecule has 2 fully saturated rings. The van der Waals surface area contributed by atoms with Gasteiger partial charge in [-0.3, -0.25) is 19.2 Å². The van der Waals surface area contributed by atoms with Gasteiger partial charge in [0.25, 0.3) is 0 Å². The normalized spacial score (nSPS) is 17.3. The van der Waals surface area contributed by atoms with Gasteiger partial charge < -0.3 is 90.7 Å². The van der Waals surface area contributed by atoms with Gasteiger partial charge in [0.1, 0.15) is 74.1 Å². The Morgan fingerprint density at radius 1 is 0.426 bits per heavy atom. The highest BCUT2D eigenvalue weighted by Crippen LogP contribution is 2.45. The number of rotatable bonds is 32. The van der Waals surface area contributed by atoms with Gasteiger partial charge in [-0.25, -0.2) is 28.8 Å². The minimum absolute atomic E-state index is 0.0278. The van der Waals surface area contributed by atoms with E-state index in [9.17, 15) is 47.9 Å². The fourth-order valence-corrected chi connectivity index (χ4v) is 6.82. The van der Waals surface area contributed by atoms with Crippen LogP contribution in [0.15, 0.2) is 85.0 Å². The Bertz CT molecular complexity index is 2650. The van der Waals surface area contributed by atoms with Gasteiger partial charge in [0, 0.05) is 98.8 Å². The van der Waals surface area contributed by atoms with Gasteiger partial charge in [0.2, 0.25) is 21.0 Å². The second-order valence-corrected chi connectivity index (χ2v) is 20.4. The summed E-state index contributed by atoms with van der Waals surface area (Å²) in [4.78, 5) is 111. The van der Waals surface area contributed by atoms with E-state index in [1.54, 1.807) is 24.3 Å². The fourth-order valence-electron chi connectivity index (χ4n) is 6.57. The fraction of sp³-hybridized carbons (Fsp3) is 0.475. The molecular weight excluding hydrogens is 1340 g/mol. The van der Waals surface area contributed by atoms with Crippen LogP contribution in [-0.4, -0.2) is 202 Å². The first-order chi connectivity index (χ1) is 45.7. The summed E-state index contributed by atoms with van der Waals surface area (Å²) in [7, 11) is 9.08. The predicted octanol–water partition coefficient (Wildman–Crippen LogP) is 6.27. The number of carbonyl (C=O) groups excluding carboxylic acids is 10. The van der Waals surface area contributed by atoms with Crippen molar-refractivity contribution in [2.45, 2.75) is 46.7 Å². The van der Waals surface area contributed by atoms with E-state index in [1.807, 2.05) is 13.8 Å². The lowest BCUT2D eigenvalue weighted by Crippen LogP contribution is -2.40. The number of carbonyl (C=O) groups is 10. The van der Waals surface area contributed by atoms with Crippen molar-refractivity contribution < 1.29 is 142 Å². The first kappa shape index (κ1) is 84.3. The van der Waals surface area contributed by atoms with Crippen LogP contribution in [0.4, 0.5) is 0 Å². The molecule has 4 rings (SSSR count). The zero-order valence-electron chi connectivity index (χ0n) is 55.3. The van der Waals surface area contributed by atoms with Crippen molar-refractivity contribution in [1.82, 2.24) is 0 Å². The minimum Gasteiger partial charge on any atom is -0.496 e. The monoisotopic (exact) mass is 1420 g/mol. The average molecular weight is 1420 g/mol. The molecule has 0 unspecified atom stereocenters. The molecule has 0 spiro atoms. The number of allylic oxidation sites excluding steroid dienone is 4. The van der Waals surface area contributed by atoms with Crippen molar-refractivity contribution in [3.05, 3.63) is 96.2 Å². The maximum absolute atomic E-state index is 12.3. The third kappa shape index (κ3) is 38.5. The highest BCUT2D eigenvalue weighted by molar-refractivity contribution is 6.69. The maximum Gasteiger partial charge on any atom is 0.331 e. The quantitative estimate of drug-likeness (QED) is 0.0268. The van der Waals surface area contributed by atoms with E-state index < -0.39 is 80.2 Å². The van der Waals surface area contributed by atoms with E-state index in [1.165, 1.54) is 49.1 Å². The minimum atomic E-state index is -0.870. The summed E-state index contributed by atoms with van der Waals surface area (Å²) < 4.78 is 100. The second-order valence-electron chi connectivity index (χ2n) is 19.0. The van der Waals surface area contributed by atoms with Gasteiger partial charge in [-0.15, -0.1) is 0 Å². The Balaban J connectivity index is 0. The van der Waals surface area contributed by atoms with Crippen LogP contribution in [0.3, 0.4) is 0 Å². The number of methoxy groups -OCH3 is 6. The van der Waals surface area contributed by atoms with Crippen molar-refractivity contribution in [1.29, 1.82) is 0 Å². The molecule has 94 heavy (non-hydrogen) atoms. The van der Waals surface area contributed by atoms with Crippen LogP contribution in [0.1, 0.15) is 60.8 Å². The Kier molecular flexibility index (Phi) is 44.7. The Labute approximate surface area is 565 Å². The third-order valence-electron chi connectivity index (χ3n) is 10.8. The molecule has 2 aliphatic rings. The molecule has 2 aromatic carbocycles. The third-order valence-corrected chi connectivity index (χ3v) is 11.3. The van der Waals surface area contributed by atoms with Gasteiger partial charge in [-0.2, -0.15) is 0 Å². The van der Waals surface area contributed by atoms with E-state index in [4.69, 9.17) is 126 Å². The van der Waals surface area contributed by atoms with Crippen LogP contribution in [0.25, 0.3) is 0 Å². The second kappa shape index (κ2) is 49.8. The summed E-state index contributed by atoms with van der Waals surface area (Å²) in [5.41, 5.74) is -0.271. The number of hydrogen-bond acceptors (Lipinski definition) is 29. The van der Waals surface area contributed by atoms with Gasteiger partial charge in [0.05, 0.1) is 107 Å². The first-order valence-corrected chi connectivity index (χ1v) is 29.2. The molecule has 2 aliphatic heterocycles. The molecule has 0 bridgehead atoms. The maximum atomic E-state index is 12.3.